The molecule has 220 valence electrons. The van der Waals surface area contributed by atoms with Gasteiger partial charge in [-0.15, -0.1) is 13.2 Å². The first-order valence-corrected chi connectivity index (χ1v) is 15.4. The van der Waals surface area contributed by atoms with E-state index < -0.39 is 50.3 Å². The van der Waals surface area contributed by atoms with Crippen LogP contribution in [-0.2, 0) is 4.79 Å². The van der Waals surface area contributed by atoms with Crippen molar-refractivity contribution in [3.8, 4) is 17.6 Å². The second-order valence-electron chi connectivity index (χ2n) is 11.0. The number of hydrogen-bond donors (Lipinski definition) is 1. The molecule has 0 spiro atoms. The van der Waals surface area contributed by atoms with Gasteiger partial charge in [-0.05, 0) is 12.1 Å². The van der Waals surface area contributed by atoms with E-state index in [4.69, 9.17) is 10.00 Å². The van der Waals surface area contributed by atoms with Gasteiger partial charge in [0.05, 0.1) is 5.56 Å². The Morgan fingerprint density at radius 2 is 1.52 bits per heavy atom. The molecule has 5 nitrogen and oxygen atoms in total. The fraction of sp³-hybridized carbons (Fsp3) is 0.273. The molecule has 1 N–H and O–H groups in total. The topological polar surface area (TPSA) is 71.3 Å². The number of allylic oxidation sites excluding steroid dienone is 14. The zero-order valence-corrected chi connectivity index (χ0v) is 25.7. The van der Waals surface area contributed by atoms with Crippen molar-refractivity contribution in [3.63, 3.8) is 0 Å². The van der Waals surface area contributed by atoms with Crippen LogP contribution in [0.5, 0.6) is 11.5 Å². The van der Waals surface area contributed by atoms with Gasteiger partial charge in [-0.25, -0.2) is 0 Å². The van der Waals surface area contributed by atoms with E-state index in [9.17, 15) is 18.0 Å². The molecule has 0 saturated heterocycles. The number of benzene rings is 1. The van der Waals surface area contributed by atoms with E-state index in [1.54, 1.807) is 18.2 Å². The van der Waals surface area contributed by atoms with E-state index in [0.29, 0.717) is 5.57 Å². The maximum atomic E-state index is 13.3. The summed E-state index contributed by atoms with van der Waals surface area (Å²) >= 11 is -0.392. The van der Waals surface area contributed by atoms with E-state index in [2.05, 4.69) is 22.2 Å². The van der Waals surface area contributed by atoms with Crippen molar-refractivity contribution in [2.24, 2.45) is 10.8 Å². The molecule has 1 amide bonds. The average Bonchev–Trinajstić information content (AvgIpc) is 2.87. The Balaban J connectivity index is 1.42. The summed E-state index contributed by atoms with van der Waals surface area (Å²) < 4.78 is 51.2. The quantitative estimate of drug-likeness (QED) is 0.434. The fourth-order valence-corrected chi connectivity index (χ4v) is 7.84. The average molecular weight is 688 g/mol. The number of nitrogens with one attached hydrogen (secondary N) is 1. The van der Waals surface area contributed by atoms with Crippen LogP contribution in [0.1, 0.15) is 33.3 Å². The van der Waals surface area contributed by atoms with Gasteiger partial charge < -0.3 is 4.74 Å². The number of carbonyl (C=O) groups is 1. The third-order valence-corrected chi connectivity index (χ3v) is 9.85. The molecule has 0 heterocycles. The standard InChI is InChI=1S/C33H31F3IN2O3/c1-31(2)29(32(3,4)30(31)41-26-19-18-23(21-38)27(20-26)42-33(34,35)36)39-28(40)22-12-10-16-25(17-11-13-22)37-24-14-8-6-5-7-9-15-24/h5-20,29-30H,1-4H3,(H,39,40)/q-1/b6-5-,7-5?,8-6?,9-7-,12-10-,13-11?,14-8-,15-9?,16-10?,17-11-,22-12?,22-13+,24-14?,24-15+,25-16+,25-17?. The Morgan fingerprint density at radius 3 is 2.21 bits per heavy atom. The number of alkyl halides is 3. The molecule has 0 aromatic heterocycles. The van der Waals surface area contributed by atoms with Crippen LogP contribution < -0.4 is 36.0 Å². The molecule has 3 aliphatic carbocycles. The predicted octanol–water partition coefficient (Wildman–Crippen LogP) is 4.35. The first-order chi connectivity index (χ1) is 19.8. The summed E-state index contributed by atoms with van der Waals surface area (Å²) in [6.45, 7) is 7.76. The molecule has 0 atom stereocenters. The Labute approximate surface area is 254 Å². The Hall–Kier alpha value is -3.78. The summed E-state index contributed by atoms with van der Waals surface area (Å²) in [6, 6.07) is 5.16. The fourth-order valence-electron chi connectivity index (χ4n) is 5.57. The van der Waals surface area contributed by atoms with Crippen molar-refractivity contribution < 1.29 is 48.6 Å². The van der Waals surface area contributed by atoms with Gasteiger partial charge in [0.2, 0.25) is 0 Å². The minimum atomic E-state index is -4.94. The molecule has 1 saturated carbocycles. The molecular weight excluding hydrogens is 656 g/mol. The van der Waals surface area contributed by atoms with Crippen molar-refractivity contribution >= 4 is 5.91 Å². The molecular formula is C33H31F3IN2O3-. The van der Waals surface area contributed by atoms with Gasteiger partial charge in [-0.2, -0.15) is 5.26 Å². The summed E-state index contributed by atoms with van der Waals surface area (Å²) in [5, 5.41) is 12.3. The zero-order chi connectivity index (χ0) is 30.5. The van der Waals surface area contributed by atoms with E-state index in [0.717, 1.165) is 6.07 Å². The molecule has 3 aliphatic rings. The van der Waals surface area contributed by atoms with Gasteiger partial charge >= 0.3 is 196 Å². The molecule has 1 aromatic carbocycles. The summed E-state index contributed by atoms with van der Waals surface area (Å²) in [5.41, 5.74) is -0.854. The van der Waals surface area contributed by atoms with E-state index in [1.165, 1.54) is 19.3 Å². The van der Waals surface area contributed by atoms with Crippen molar-refractivity contribution in [2.75, 3.05) is 0 Å². The van der Waals surface area contributed by atoms with Crippen LogP contribution >= 0.6 is 0 Å². The van der Waals surface area contributed by atoms with Crippen LogP contribution in [0.15, 0.2) is 110 Å². The summed E-state index contributed by atoms with van der Waals surface area (Å²) in [5.74, 6) is -0.707. The first-order valence-electron chi connectivity index (χ1n) is 13.2. The van der Waals surface area contributed by atoms with Gasteiger partial charge in [0.1, 0.15) is 6.07 Å². The molecule has 0 unspecified atom stereocenters. The van der Waals surface area contributed by atoms with Crippen LogP contribution in [0.3, 0.4) is 0 Å². The van der Waals surface area contributed by atoms with Crippen molar-refractivity contribution in [3.05, 3.63) is 115 Å². The number of amides is 1. The Kier molecular flexibility index (Phi) is 9.36. The van der Waals surface area contributed by atoms with Gasteiger partial charge in [0, 0.05) is 6.07 Å². The zero-order valence-electron chi connectivity index (χ0n) is 23.6. The number of rotatable bonds is 7. The normalized spacial score (nSPS) is 29.8. The molecule has 1 aromatic rings. The van der Waals surface area contributed by atoms with Gasteiger partial charge in [-0.3, -0.25) is 0 Å². The molecule has 0 aliphatic heterocycles. The van der Waals surface area contributed by atoms with Crippen molar-refractivity contribution in [2.45, 2.75) is 46.2 Å². The minimum absolute atomic E-state index is 0.142. The van der Waals surface area contributed by atoms with Gasteiger partial charge in [-0.1, -0.05) is 0 Å². The molecule has 1 fully saturated rings. The Morgan fingerprint density at radius 1 is 0.905 bits per heavy atom. The first kappa shape index (κ1) is 31.2. The molecule has 0 bridgehead atoms. The van der Waals surface area contributed by atoms with Crippen LogP contribution in [0.2, 0.25) is 0 Å². The molecule has 42 heavy (non-hydrogen) atoms. The third kappa shape index (κ3) is 7.34. The SMILES string of the molecule is CC1(C)C(NC(=O)C2=C/C=C\C([I-]C3=C/C=C\C=C/C=C\3)=C/C=C\2)C(C)(C)C1Oc1ccc(C#N)c(OC(F)(F)F)c1. The molecule has 0 radical (unpaired) electrons. The smallest absolute Gasteiger partial charge is 0.404 e. The third-order valence-electron chi connectivity index (χ3n) is 7.17. The summed E-state index contributed by atoms with van der Waals surface area (Å²) in [6.07, 6.45) is 20.3. The van der Waals surface area contributed by atoms with E-state index in [1.807, 2.05) is 82.4 Å². The van der Waals surface area contributed by atoms with Crippen LogP contribution in [0.25, 0.3) is 0 Å². The minimum Gasteiger partial charge on any atom is -0.404 e. The van der Waals surface area contributed by atoms with Gasteiger partial charge in [0.15, 0.2) is 5.75 Å². The Bertz CT molecular complexity index is 1500. The van der Waals surface area contributed by atoms with Crippen molar-refractivity contribution in [1.82, 2.24) is 5.32 Å². The van der Waals surface area contributed by atoms with E-state index >= 15 is 0 Å². The second kappa shape index (κ2) is 12.6. The van der Waals surface area contributed by atoms with Crippen molar-refractivity contribution in [1.29, 1.82) is 5.26 Å². The van der Waals surface area contributed by atoms with Crippen LogP contribution in [0.4, 0.5) is 13.2 Å². The second-order valence-corrected chi connectivity index (χ2v) is 14.1. The number of ether oxygens (including phenoxy) is 2. The van der Waals surface area contributed by atoms with Crippen LogP contribution in [0, 0.1) is 22.2 Å². The summed E-state index contributed by atoms with van der Waals surface area (Å²) in [7, 11) is 0. The number of carbonyl (C=O) groups excluding carboxylic acids is 1. The number of hydrogen-bond acceptors (Lipinski definition) is 4. The number of halogens is 4. The number of nitriles is 1. The molecule has 4 rings (SSSR count). The maximum absolute atomic E-state index is 13.3. The molecule has 9 heteroatoms. The van der Waals surface area contributed by atoms with E-state index in [-0.39, 0.29) is 23.3 Å². The van der Waals surface area contributed by atoms with Gasteiger partial charge in [0.25, 0.3) is 0 Å². The number of nitrogens with zero attached hydrogens (tertiary/aromatic N) is 1. The van der Waals surface area contributed by atoms with Crippen LogP contribution in [-0.4, -0.2) is 24.4 Å². The predicted molar refractivity (Wildman–Crippen MR) is 152 cm³/mol. The monoisotopic (exact) mass is 687 g/mol. The summed E-state index contributed by atoms with van der Waals surface area (Å²) in [4.78, 5) is 13.3.